The maximum absolute atomic E-state index is 12.7. The highest BCUT2D eigenvalue weighted by Crippen LogP contribution is 2.22. The molecule has 0 saturated carbocycles. The minimum Gasteiger partial charge on any atom is -0.444 e. The molecule has 0 bridgehead atoms. The molecule has 2 N–H and O–H groups in total. The average Bonchev–Trinajstić information content (AvgIpc) is 2.40. The van der Waals surface area contributed by atoms with Crippen molar-refractivity contribution in [1.82, 2.24) is 15.2 Å². The van der Waals surface area contributed by atoms with E-state index < -0.39 is 23.2 Å². The zero-order chi connectivity index (χ0) is 17.3. The molecular weight excluding hydrogens is 305 g/mol. The third kappa shape index (κ3) is 4.62. The van der Waals surface area contributed by atoms with Gasteiger partial charge in [0.05, 0.1) is 25.2 Å². The Balaban J connectivity index is 1.81. The van der Waals surface area contributed by atoms with Gasteiger partial charge in [0.2, 0.25) is 5.95 Å². The van der Waals surface area contributed by atoms with Crippen molar-refractivity contribution in [3.05, 3.63) is 29.8 Å². The molecule has 2 rings (SSSR count). The largest absolute Gasteiger partial charge is 0.444 e. The second-order valence-electron chi connectivity index (χ2n) is 6.61. The Kier molecular flexibility index (Phi) is 4.56. The summed E-state index contributed by atoms with van der Waals surface area (Å²) in [4.78, 5) is 28.5. The smallest absolute Gasteiger partial charge is 0.407 e. The minimum absolute atomic E-state index is 0.0205. The van der Waals surface area contributed by atoms with Gasteiger partial charge >= 0.3 is 6.09 Å². The summed E-state index contributed by atoms with van der Waals surface area (Å²) < 4.78 is 17.8. The Morgan fingerprint density at radius 2 is 2.09 bits per heavy atom. The highest BCUT2D eigenvalue weighted by atomic mass is 19.1. The van der Waals surface area contributed by atoms with Gasteiger partial charge < -0.3 is 20.1 Å². The number of rotatable bonds is 3. The van der Waals surface area contributed by atoms with Crippen LogP contribution in [-0.4, -0.2) is 57.8 Å². The fourth-order valence-electron chi connectivity index (χ4n) is 2.16. The maximum Gasteiger partial charge on any atom is 0.407 e. The first-order valence-corrected chi connectivity index (χ1v) is 7.18. The predicted octanol–water partition coefficient (Wildman–Crippen LogP) is 0.932. The van der Waals surface area contributed by atoms with Crippen LogP contribution in [0, 0.1) is 5.95 Å². The monoisotopic (exact) mass is 325 g/mol. The number of likely N-dealkylation sites (tertiary alicyclic amines) is 1. The number of nitrogens with one attached hydrogen (secondary N) is 1. The molecule has 1 aliphatic heterocycles. The van der Waals surface area contributed by atoms with Crippen molar-refractivity contribution < 1.29 is 23.8 Å². The maximum atomic E-state index is 12.7. The van der Waals surface area contributed by atoms with E-state index in [0.717, 1.165) is 12.3 Å². The van der Waals surface area contributed by atoms with E-state index in [9.17, 15) is 19.1 Å². The van der Waals surface area contributed by atoms with E-state index in [2.05, 4.69) is 10.3 Å². The summed E-state index contributed by atoms with van der Waals surface area (Å²) >= 11 is 0. The molecule has 0 aromatic carbocycles. The van der Waals surface area contributed by atoms with Crippen molar-refractivity contribution in [2.75, 3.05) is 19.6 Å². The molecule has 0 atom stereocenters. The predicted molar refractivity (Wildman–Crippen MR) is 79.3 cm³/mol. The van der Waals surface area contributed by atoms with Gasteiger partial charge in [-0.1, -0.05) is 0 Å². The van der Waals surface area contributed by atoms with Crippen molar-refractivity contribution in [3.8, 4) is 0 Å². The van der Waals surface area contributed by atoms with Crippen LogP contribution in [0.5, 0.6) is 0 Å². The number of carbonyl (C=O) groups excluding carboxylic acids is 2. The van der Waals surface area contributed by atoms with E-state index >= 15 is 0 Å². The van der Waals surface area contributed by atoms with Gasteiger partial charge in [-0.15, -0.1) is 0 Å². The number of hydrogen-bond donors (Lipinski definition) is 2. The van der Waals surface area contributed by atoms with Gasteiger partial charge in [0.25, 0.3) is 5.91 Å². The van der Waals surface area contributed by atoms with Crippen LogP contribution in [0.25, 0.3) is 0 Å². The molecule has 2 heterocycles. The van der Waals surface area contributed by atoms with Crippen LogP contribution in [0.4, 0.5) is 9.18 Å². The quantitative estimate of drug-likeness (QED) is 0.807. The molecule has 1 fully saturated rings. The Morgan fingerprint density at radius 3 is 2.61 bits per heavy atom. The number of alkyl carbamates (subject to hydrolysis) is 1. The Bertz CT molecular complexity index is 592. The molecule has 7 nitrogen and oxygen atoms in total. The number of amides is 2. The second-order valence-corrected chi connectivity index (χ2v) is 6.61. The van der Waals surface area contributed by atoms with E-state index in [1.54, 1.807) is 20.8 Å². The lowest BCUT2D eigenvalue weighted by Gasteiger charge is -2.46. The molecule has 0 aliphatic carbocycles. The van der Waals surface area contributed by atoms with Crippen LogP contribution in [0.1, 0.15) is 31.1 Å². The number of β-amino-alcohol motifs (C(OH)–C–C–N with tert-alkyl or cyclic N) is 1. The van der Waals surface area contributed by atoms with Gasteiger partial charge in [-0.25, -0.2) is 9.78 Å². The van der Waals surface area contributed by atoms with Gasteiger partial charge in [-0.2, -0.15) is 4.39 Å². The van der Waals surface area contributed by atoms with Crippen molar-refractivity contribution in [1.29, 1.82) is 0 Å². The molecule has 0 unspecified atom stereocenters. The Hall–Kier alpha value is -2.22. The number of carbonyl (C=O) groups is 2. The van der Waals surface area contributed by atoms with E-state index in [-0.39, 0.29) is 31.1 Å². The molecule has 8 heteroatoms. The topological polar surface area (TPSA) is 91.8 Å². The van der Waals surface area contributed by atoms with Crippen LogP contribution in [0.15, 0.2) is 18.3 Å². The van der Waals surface area contributed by atoms with Crippen LogP contribution in [0.2, 0.25) is 0 Å². The minimum atomic E-state index is -1.19. The number of halogens is 1. The first kappa shape index (κ1) is 17.1. The van der Waals surface area contributed by atoms with Gasteiger partial charge in [0.1, 0.15) is 11.2 Å². The lowest BCUT2D eigenvalue weighted by molar-refractivity contribution is -0.0788. The van der Waals surface area contributed by atoms with Gasteiger partial charge in [-0.3, -0.25) is 4.79 Å². The van der Waals surface area contributed by atoms with E-state index in [4.69, 9.17) is 4.74 Å². The molecule has 1 aromatic rings. The highest BCUT2D eigenvalue weighted by molar-refractivity contribution is 5.94. The fraction of sp³-hybridized carbons (Fsp3) is 0.533. The number of hydrogen-bond acceptors (Lipinski definition) is 5. The Morgan fingerprint density at radius 1 is 1.43 bits per heavy atom. The molecular formula is C15H20FN3O4. The van der Waals surface area contributed by atoms with Crippen molar-refractivity contribution in [2.45, 2.75) is 32.0 Å². The normalized spacial score (nSPS) is 16.5. The molecule has 2 amide bonds. The second kappa shape index (κ2) is 6.11. The molecule has 1 aliphatic rings. The summed E-state index contributed by atoms with van der Waals surface area (Å²) in [6.45, 7) is 5.33. The molecule has 0 spiro atoms. The number of aromatic nitrogens is 1. The number of nitrogens with zero attached hydrogens (tertiary/aromatic N) is 2. The van der Waals surface area contributed by atoms with Crippen LogP contribution >= 0.6 is 0 Å². The van der Waals surface area contributed by atoms with Crippen LogP contribution < -0.4 is 5.32 Å². The number of pyridine rings is 1. The Labute approximate surface area is 133 Å². The van der Waals surface area contributed by atoms with Gasteiger partial charge in [0, 0.05) is 6.20 Å². The van der Waals surface area contributed by atoms with Crippen molar-refractivity contribution in [2.24, 2.45) is 0 Å². The standard InChI is InChI=1S/C15H20FN3O4/c1-14(2,3)23-13(21)18-7-15(22)8-19(9-15)12(20)10-4-5-11(16)17-6-10/h4-6,22H,7-9H2,1-3H3,(H,18,21). The summed E-state index contributed by atoms with van der Waals surface area (Å²) in [6, 6.07) is 2.43. The van der Waals surface area contributed by atoms with Crippen LogP contribution in [-0.2, 0) is 4.74 Å². The average molecular weight is 325 g/mol. The van der Waals surface area contributed by atoms with E-state index in [1.807, 2.05) is 0 Å². The fourth-order valence-corrected chi connectivity index (χ4v) is 2.16. The van der Waals surface area contributed by atoms with Crippen LogP contribution in [0.3, 0.4) is 0 Å². The third-order valence-corrected chi connectivity index (χ3v) is 3.19. The van der Waals surface area contributed by atoms with Gasteiger partial charge in [0.15, 0.2) is 0 Å². The summed E-state index contributed by atoms with van der Waals surface area (Å²) in [5.74, 6) is -1.01. The first-order chi connectivity index (χ1) is 10.6. The molecule has 126 valence electrons. The highest BCUT2D eigenvalue weighted by Gasteiger charge is 2.44. The molecule has 23 heavy (non-hydrogen) atoms. The lowest BCUT2D eigenvalue weighted by Crippen LogP contribution is -2.67. The summed E-state index contributed by atoms with van der Waals surface area (Å²) in [7, 11) is 0. The molecule has 1 saturated heterocycles. The number of aliphatic hydroxyl groups is 1. The molecule has 0 radical (unpaired) electrons. The third-order valence-electron chi connectivity index (χ3n) is 3.19. The SMILES string of the molecule is CC(C)(C)OC(=O)NCC1(O)CN(C(=O)c2ccc(F)nc2)C1. The van der Waals surface area contributed by atoms with E-state index in [1.165, 1.54) is 11.0 Å². The summed E-state index contributed by atoms with van der Waals surface area (Å²) in [5, 5.41) is 12.7. The lowest BCUT2D eigenvalue weighted by atomic mass is 9.93. The summed E-state index contributed by atoms with van der Waals surface area (Å²) in [5.41, 5.74) is -1.57. The first-order valence-electron chi connectivity index (χ1n) is 7.18. The van der Waals surface area contributed by atoms with E-state index in [0.29, 0.717) is 0 Å². The van der Waals surface area contributed by atoms with Crippen molar-refractivity contribution >= 4 is 12.0 Å². The summed E-state index contributed by atoms with van der Waals surface area (Å²) in [6.07, 6.45) is 0.520. The zero-order valence-electron chi connectivity index (χ0n) is 13.3. The number of ether oxygens (including phenoxy) is 1. The van der Waals surface area contributed by atoms with Crippen molar-refractivity contribution in [3.63, 3.8) is 0 Å². The zero-order valence-corrected chi connectivity index (χ0v) is 13.3. The van der Waals surface area contributed by atoms with Gasteiger partial charge in [-0.05, 0) is 32.9 Å². The molecule has 1 aromatic heterocycles.